The van der Waals surface area contributed by atoms with Gasteiger partial charge in [-0.25, -0.2) is 4.79 Å². The maximum atomic E-state index is 12.0. The lowest BCUT2D eigenvalue weighted by Gasteiger charge is -2.06. The molecule has 0 aliphatic carbocycles. The number of carbonyl (C=O) groups excluding carboxylic acids is 2. The van der Waals surface area contributed by atoms with Crippen LogP contribution in [0.4, 0.5) is 0 Å². The lowest BCUT2D eigenvalue weighted by molar-refractivity contribution is -0.140. The highest BCUT2D eigenvalue weighted by atomic mass is 32.2. The number of rotatable bonds is 6. The number of sulfonamides is 1. The highest BCUT2D eigenvalue weighted by Gasteiger charge is 2.19. The lowest BCUT2D eigenvalue weighted by atomic mass is 10.2. The normalized spacial score (nSPS) is 11.7. The maximum absolute atomic E-state index is 12.0. The van der Waals surface area contributed by atoms with E-state index in [0.29, 0.717) is 0 Å². The Morgan fingerprint density at radius 3 is 2.23 bits per heavy atom. The van der Waals surface area contributed by atoms with Gasteiger partial charge in [-0.15, -0.1) is 0 Å². The van der Waals surface area contributed by atoms with E-state index in [0.717, 1.165) is 19.8 Å². The second-order valence-corrected chi connectivity index (χ2v) is 5.87. The summed E-state index contributed by atoms with van der Waals surface area (Å²) < 4.78 is 32.9. The summed E-state index contributed by atoms with van der Waals surface area (Å²) in [6.45, 7) is 1.81. The van der Waals surface area contributed by atoms with Gasteiger partial charge in [0.25, 0.3) is 10.0 Å². The van der Waals surface area contributed by atoms with Crippen LogP contribution in [0, 0.1) is 6.92 Å². The number of benzene rings is 1. The van der Waals surface area contributed by atoms with Crippen LogP contribution < -0.4 is 4.83 Å². The molecule has 0 amide bonds. The van der Waals surface area contributed by atoms with E-state index in [2.05, 4.69) is 14.6 Å². The van der Waals surface area contributed by atoms with Crippen LogP contribution in [-0.4, -0.2) is 40.3 Å². The summed E-state index contributed by atoms with van der Waals surface area (Å²) in [4.78, 5) is 24.5. The third kappa shape index (κ3) is 4.85. The summed E-state index contributed by atoms with van der Waals surface area (Å²) in [7, 11) is -1.73. The van der Waals surface area contributed by atoms with Gasteiger partial charge in [0, 0.05) is 0 Å². The van der Waals surface area contributed by atoms with Crippen molar-refractivity contribution in [2.24, 2.45) is 5.10 Å². The van der Waals surface area contributed by atoms with E-state index in [1.807, 2.05) is 11.8 Å². The third-order valence-electron chi connectivity index (χ3n) is 2.59. The fourth-order valence-corrected chi connectivity index (χ4v) is 2.20. The molecule has 9 heteroatoms. The molecule has 0 aromatic heterocycles. The van der Waals surface area contributed by atoms with E-state index in [-0.39, 0.29) is 4.90 Å². The number of hydrazone groups is 1. The summed E-state index contributed by atoms with van der Waals surface area (Å²) in [5.41, 5.74) is 0.480. The number of aryl methyl sites for hydroxylation is 1. The second kappa shape index (κ2) is 7.55. The minimum atomic E-state index is -3.95. The molecule has 8 nitrogen and oxygen atoms in total. The van der Waals surface area contributed by atoms with Gasteiger partial charge in [0.2, 0.25) is 0 Å². The fourth-order valence-electron chi connectivity index (χ4n) is 1.37. The summed E-state index contributed by atoms with van der Waals surface area (Å²) >= 11 is 0. The minimum Gasteiger partial charge on any atom is -0.469 e. The highest BCUT2D eigenvalue weighted by molar-refractivity contribution is 7.89. The third-order valence-corrected chi connectivity index (χ3v) is 3.82. The van der Waals surface area contributed by atoms with Crippen molar-refractivity contribution in [1.82, 2.24) is 4.83 Å². The first-order chi connectivity index (χ1) is 10.3. The molecule has 0 radical (unpaired) electrons. The van der Waals surface area contributed by atoms with Crippen LogP contribution in [0.1, 0.15) is 12.0 Å². The van der Waals surface area contributed by atoms with Crippen molar-refractivity contribution >= 4 is 27.7 Å². The van der Waals surface area contributed by atoms with Gasteiger partial charge in [-0.3, -0.25) is 4.79 Å². The van der Waals surface area contributed by atoms with E-state index in [4.69, 9.17) is 0 Å². The van der Waals surface area contributed by atoms with Crippen molar-refractivity contribution in [2.75, 3.05) is 14.2 Å². The summed E-state index contributed by atoms with van der Waals surface area (Å²) in [6, 6.07) is 6.03. The summed E-state index contributed by atoms with van der Waals surface area (Å²) in [5.74, 6) is -1.68. The molecule has 0 saturated carbocycles. The first kappa shape index (κ1) is 17.6. The van der Waals surface area contributed by atoms with Crippen LogP contribution in [0.15, 0.2) is 34.3 Å². The predicted octanol–water partition coefficient (Wildman–Crippen LogP) is 0.365. The molecule has 0 spiro atoms. The largest absolute Gasteiger partial charge is 0.469 e. The fraction of sp³-hybridized carbons (Fsp3) is 0.308. The summed E-state index contributed by atoms with van der Waals surface area (Å²) in [6.07, 6.45) is -0.514. The number of esters is 2. The molecule has 120 valence electrons. The van der Waals surface area contributed by atoms with Crippen LogP contribution in [0.5, 0.6) is 0 Å². The van der Waals surface area contributed by atoms with Gasteiger partial charge in [0.05, 0.1) is 25.5 Å². The first-order valence-electron chi connectivity index (χ1n) is 6.10. The standard InChI is InChI=1S/C13H16N2O6S/c1-9-4-6-10(7-5-9)22(18,19)15-14-11(13(17)21-3)8-12(16)20-2/h4-7,15H,8H2,1-3H3/b14-11-. The van der Waals surface area contributed by atoms with Gasteiger partial charge in [0.15, 0.2) is 5.71 Å². The van der Waals surface area contributed by atoms with Crippen LogP contribution in [0.25, 0.3) is 0 Å². The van der Waals surface area contributed by atoms with E-state index in [1.165, 1.54) is 12.1 Å². The van der Waals surface area contributed by atoms with Crippen LogP contribution in [-0.2, 0) is 29.1 Å². The van der Waals surface area contributed by atoms with E-state index < -0.39 is 34.1 Å². The molecule has 0 unspecified atom stereocenters. The van der Waals surface area contributed by atoms with E-state index >= 15 is 0 Å². The minimum absolute atomic E-state index is 0.0240. The number of ether oxygens (including phenoxy) is 2. The number of nitrogens with one attached hydrogen (secondary N) is 1. The molecule has 1 aromatic carbocycles. The average Bonchev–Trinajstić information content (AvgIpc) is 2.50. The van der Waals surface area contributed by atoms with Crippen molar-refractivity contribution in [3.8, 4) is 0 Å². The van der Waals surface area contributed by atoms with Gasteiger partial charge >= 0.3 is 11.9 Å². The van der Waals surface area contributed by atoms with Crippen molar-refractivity contribution in [3.05, 3.63) is 29.8 Å². The highest BCUT2D eigenvalue weighted by Crippen LogP contribution is 2.09. The molecule has 0 fully saturated rings. The average molecular weight is 328 g/mol. The van der Waals surface area contributed by atoms with Gasteiger partial charge in [-0.1, -0.05) is 17.7 Å². The molecule has 22 heavy (non-hydrogen) atoms. The Kier molecular flexibility index (Phi) is 6.05. The predicted molar refractivity (Wildman–Crippen MR) is 77.6 cm³/mol. The molecule has 0 bridgehead atoms. The SMILES string of the molecule is COC(=O)C/C(=N/NS(=O)(=O)c1ccc(C)cc1)C(=O)OC. The Balaban J connectivity index is 2.99. The zero-order valence-electron chi connectivity index (χ0n) is 12.3. The smallest absolute Gasteiger partial charge is 0.354 e. The second-order valence-electron chi connectivity index (χ2n) is 4.21. The van der Waals surface area contributed by atoms with Gasteiger partial charge in [-0.05, 0) is 19.1 Å². The van der Waals surface area contributed by atoms with Crippen molar-refractivity contribution in [3.63, 3.8) is 0 Å². The molecular weight excluding hydrogens is 312 g/mol. The van der Waals surface area contributed by atoms with E-state index in [9.17, 15) is 18.0 Å². The van der Waals surface area contributed by atoms with Crippen LogP contribution >= 0.6 is 0 Å². The first-order valence-corrected chi connectivity index (χ1v) is 7.58. The molecule has 0 aliphatic rings. The molecule has 1 N–H and O–H groups in total. The van der Waals surface area contributed by atoms with Gasteiger partial charge in [-0.2, -0.15) is 18.4 Å². The van der Waals surface area contributed by atoms with Crippen molar-refractivity contribution in [2.45, 2.75) is 18.2 Å². The molecule has 0 saturated heterocycles. The maximum Gasteiger partial charge on any atom is 0.354 e. The van der Waals surface area contributed by atoms with Gasteiger partial charge in [0.1, 0.15) is 0 Å². The lowest BCUT2D eigenvalue weighted by Crippen LogP contribution is -2.26. The Morgan fingerprint density at radius 1 is 1.14 bits per heavy atom. The van der Waals surface area contributed by atoms with E-state index in [1.54, 1.807) is 12.1 Å². The Bertz CT molecular complexity index is 679. The Hall–Kier alpha value is -2.42. The van der Waals surface area contributed by atoms with Crippen molar-refractivity contribution in [1.29, 1.82) is 0 Å². The van der Waals surface area contributed by atoms with Gasteiger partial charge < -0.3 is 9.47 Å². The molecule has 1 aromatic rings. The van der Waals surface area contributed by atoms with Crippen molar-refractivity contribution < 1.29 is 27.5 Å². The number of hydrogen-bond donors (Lipinski definition) is 1. The molecule has 0 heterocycles. The monoisotopic (exact) mass is 328 g/mol. The van der Waals surface area contributed by atoms with Crippen LogP contribution in [0.2, 0.25) is 0 Å². The quantitative estimate of drug-likeness (QED) is 0.459. The summed E-state index contributed by atoms with van der Waals surface area (Å²) in [5, 5.41) is 3.46. The number of methoxy groups -OCH3 is 2. The molecular formula is C13H16N2O6S. The zero-order valence-corrected chi connectivity index (χ0v) is 13.1. The Morgan fingerprint density at radius 2 is 1.73 bits per heavy atom. The Labute approximate surface area is 128 Å². The molecule has 1 rings (SSSR count). The number of nitrogens with zero attached hydrogens (tertiary/aromatic N) is 1. The topological polar surface area (TPSA) is 111 Å². The number of hydrogen-bond acceptors (Lipinski definition) is 7. The molecule has 0 aliphatic heterocycles. The molecule has 0 atom stereocenters. The number of carbonyl (C=O) groups is 2. The zero-order chi connectivity index (χ0) is 16.8. The van der Waals surface area contributed by atoms with Crippen LogP contribution in [0.3, 0.4) is 0 Å².